The Kier molecular flexibility index (Phi) is 3.35. The monoisotopic (exact) mass is 252 g/mol. The zero-order valence-electron chi connectivity index (χ0n) is 7.77. The van der Waals surface area contributed by atoms with Crippen LogP contribution in [0.3, 0.4) is 0 Å². The summed E-state index contributed by atoms with van der Waals surface area (Å²) in [7, 11) is -3.47. The molecule has 0 aliphatic carbocycles. The molecule has 0 aromatic heterocycles. The molecule has 0 spiro atoms. The van der Waals surface area contributed by atoms with E-state index in [9.17, 15) is 13.2 Å². The summed E-state index contributed by atoms with van der Waals surface area (Å²) in [6.07, 6.45) is 2.18. The lowest BCUT2D eigenvalue weighted by molar-refractivity contribution is -0.132. The predicted octanol–water partition coefficient (Wildman–Crippen LogP) is -0.0863. The Morgan fingerprint density at radius 3 is 2.80 bits per heavy atom. The zero-order chi connectivity index (χ0) is 11.6. The van der Waals surface area contributed by atoms with Crippen LogP contribution in [0.5, 0.6) is 0 Å². The van der Waals surface area contributed by atoms with E-state index in [1.54, 1.807) is 0 Å². The van der Waals surface area contributed by atoms with E-state index in [1.165, 1.54) is 0 Å². The molecule has 0 saturated carbocycles. The summed E-state index contributed by atoms with van der Waals surface area (Å²) in [5.41, 5.74) is -0.735. The van der Waals surface area contributed by atoms with E-state index >= 15 is 0 Å². The second kappa shape index (κ2) is 4.19. The van der Waals surface area contributed by atoms with Crippen LogP contribution in [0.2, 0.25) is 0 Å². The maximum absolute atomic E-state index is 10.9. The van der Waals surface area contributed by atoms with Gasteiger partial charge in [-0.2, -0.15) is 0 Å². The van der Waals surface area contributed by atoms with Crippen molar-refractivity contribution in [1.29, 1.82) is 0 Å². The van der Waals surface area contributed by atoms with Crippen LogP contribution in [0.4, 0.5) is 0 Å². The molecule has 0 radical (unpaired) electrons. The van der Waals surface area contributed by atoms with Gasteiger partial charge in [0.15, 0.2) is 0 Å². The molecule has 1 atom stereocenters. The minimum Gasteiger partial charge on any atom is -0.478 e. The third kappa shape index (κ3) is 3.88. The average molecular weight is 253 g/mol. The van der Waals surface area contributed by atoms with Gasteiger partial charge in [-0.15, -0.1) is 0 Å². The van der Waals surface area contributed by atoms with Gasteiger partial charge in [0.2, 0.25) is 10.0 Å². The van der Waals surface area contributed by atoms with Crippen LogP contribution in [0.1, 0.15) is 6.42 Å². The Morgan fingerprint density at radius 1 is 1.73 bits per heavy atom. The van der Waals surface area contributed by atoms with Gasteiger partial charge in [0.1, 0.15) is 11.3 Å². The highest BCUT2D eigenvalue weighted by atomic mass is 35.5. The maximum Gasteiger partial charge on any atom is 0.331 e. The fourth-order valence-electron chi connectivity index (χ4n) is 1.03. The number of carbonyl (C=O) groups is 1. The molecule has 1 heterocycles. The fourth-order valence-corrected chi connectivity index (χ4v) is 1.80. The molecule has 1 aliphatic heterocycles. The molecule has 1 aliphatic rings. The van der Waals surface area contributed by atoms with Crippen molar-refractivity contribution in [2.24, 2.45) is 4.99 Å². The third-order valence-corrected chi connectivity index (χ3v) is 2.37. The molecule has 0 fully saturated rings. The molecule has 0 aromatic rings. The lowest BCUT2D eigenvalue weighted by Crippen LogP contribution is -2.31. The maximum atomic E-state index is 10.9. The number of rotatable bonds is 2. The Labute approximate surface area is 91.7 Å². The zero-order valence-corrected chi connectivity index (χ0v) is 9.34. The lowest BCUT2D eigenvalue weighted by Gasteiger charge is -2.14. The molecule has 1 rings (SSSR count). The molecule has 0 saturated heterocycles. The molecular formula is C7H9ClN2O4S. The van der Waals surface area contributed by atoms with Crippen molar-refractivity contribution in [2.45, 2.75) is 11.9 Å². The number of amidine groups is 1. The first-order valence-corrected chi connectivity index (χ1v) is 6.24. The van der Waals surface area contributed by atoms with Gasteiger partial charge in [0.05, 0.1) is 6.26 Å². The van der Waals surface area contributed by atoms with E-state index in [4.69, 9.17) is 16.7 Å². The topological polar surface area (TPSA) is 95.8 Å². The van der Waals surface area contributed by atoms with Gasteiger partial charge in [-0.25, -0.2) is 18.2 Å². The molecular weight excluding hydrogens is 244 g/mol. The number of carboxylic acid groups (broad SMARTS) is 1. The number of sulfonamides is 1. The van der Waals surface area contributed by atoms with Crippen LogP contribution >= 0.6 is 11.6 Å². The molecule has 0 bridgehead atoms. The predicted molar refractivity (Wildman–Crippen MR) is 55.4 cm³/mol. The van der Waals surface area contributed by atoms with Crippen molar-refractivity contribution < 1.29 is 18.3 Å². The van der Waals surface area contributed by atoms with Crippen molar-refractivity contribution >= 4 is 33.4 Å². The summed E-state index contributed by atoms with van der Waals surface area (Å²) < 4.78 is 23.8. The number of dihydropyridines is 1. The highest BCUT2D eigenvalue weighted by molar-refractivity contribution is 7.89. The molecule has 15 heavy (non-hydrogen) atoms. The van der Waals surface area contributed by atoms with Crippen LogP contribution in [0.25, 0.3) is 0 Å². The summed E-state index contributed by atoms with van der Waals surface area (Å²) in [6.45, 7) is 0. The summed E-state index contributed by atoms with van der Waals surface area (Å²) in [6, 6.07) is 0. The number of alkyl halides is 1. The van der Waals surface area contributed by atoms with Gasteiger partial charge in [0.25, 0.3) is 0 Å². The SMILES string of the molecule is CS(=O)(=O)NC1=NC(Cl)CC(C(=O)O)=C1. The second-order valence-corrected chi connectivity index (χ2v) is 5.25. The highest BCUT2D eigenvalue weighted by Gasteiger charge is 2.20. The Bertz CT molecular complexity index is 440. The van der Waals surface area contributed by atoms with Crippen molar-refractivity contribution in [2.75, 3.05) is 6.26 Å². The molecule has 84 valence electrons. The van der Waals surface area contributed by atoms with Gasteiger partial charge in [-0.3, -0.25) is 4.72 Å². The number of halogens is 1. The standard InChI is InChI=1S/C7H9ClN2O4S/c1-15(13,14)10-6-3-4(7(11)12)2-5(8)9-6/h3,5H,2H2,1H3,(H,9,10)(H,11,12). The van der Waals surface area contributed by atoms with Crippen LogP contribution in [-0.4, -0.2) is 37.1 Å². The fraction of sp³-hybridized carbons (Fsp3) is 0.429. The van der Waals surface area contributed by atoms with Gasteiger partial charge in [-0.1, -0.05) is 11.6 Å². The number of nitrogens with zero attached hydrogens (tertiary/aromatic N) is 1. The van der Waals surface area contributed by atoms with E-state index in [1.807, 2.05) is 0 Å². The van der Waals surface area contributed by atoms with E-state index in [0.717, 1.165) is 12.3 Å². The number of carboxylic acids is 1. The summed E-state index contributed by atoms with van der Waals surface area (Å²) >= 11 is 5.65. The van der Waals surface area contributed by atoms with Gasteiger partial charge in [0, 0.05) is 12.0 Å². The smallest absolute Gasteiger partial charge is 0.331 e. The summed E-state index contributed by atoms with van der Waals surface area (Å²) in [5, 5.41) is 8.71. The minimum atomic E-state index is -3.47. The number of hydrogen-bond donors (Lipinski definition) is 2. The van der Waals surface area contributed by atoms with Crippen molar-refractivity contribution in [3.8, 4) is 0 Å². The van der Waals surface area contributed by atoms with E-state index < -0.39 is 21.5 Å². The lowest BCUT2D eigenvalue weighted by atomic mass is 10.1. The first kappa shape index (κ1) is 12.0. The third-order valence-electron chi connectivity index (χ3n) is 1.54. The van der Waals surface area contributed by atoms with Gasteiger partial charge < -0.3 is 5.11 Å². The first-order chi connectivity index (χ1) is 6.78. The highest BCUT2D eigenvalue weighted by Crippen LogP contribution is 2.17. The van der Waals surface area contributed by atoms with E-state index in [2.05, 4.69) is 9.71 Å². The summed E-state index contributed by atoms with van der Waals surface area (Å²) in [5.74, 6) is -1.19. The number of aliphatic imine (C=N–C) groups is 1. The number of nitrogens with one attached hydrogen (secondary N) is 1. The van der Waals surface area contributed by atoms with Crippen molar-refractivity contribution in [1.82, 2.24) is 4.72 Å². The molecule has 6 nitrogen and oxygen atoms in total. The van der Waals surface area contributed by atoms with Crippen LogP contribution in [0.15, 0.2) is 16.6 Å². The Morgan fingerprint density at radius 2 is 2.33 bits per heavy atom. The van der Waals surface area contributed by atoms with Crippen LogP contribution in [-0.2, 0) is 14.8 Å². The number of hydrogen-bond acceptors (Lipinski definition) is 4. The largest absolute Gasteiger partial charge is 0.478 e. The van der Waals surface area contributed by atoms with Crippen molar-refractivity contribution in [3.05, 3.63) is 11.6 Å². The van der Waals surface area contributed by atoms with Gasteiger partial charge in [-0.05, 0) is 6.08 Å². The van der Waals surface area contributed by atoms with Crippen LogP contribution in [0, 0.1) is 0 Å². The van der Waals surface area contributed by atoms with E-state index in [-0.39, 0.29) is 17.8 Å². The Balaban J connectivity index is 2.94. The molecule has 0 amide bonds. The summed E-state index contributed by atoms with van der Waals surface area (Å²) in [4.78, 5) is 14.4. The Hall–Kier alpha value is -1.08. The van der Waals surface area contributed by atoms with Crippen molar-refractivity contribution in [3.63, 3.8) is 0 Å². The molecule has 8 heteroatoms. The van der Waals surface area contributed by atoms with E-state index in [0.29, 0.717) is 0 Å². The number of aliphatic carboxylic acids is 1. The second-order valence-electron chi connectivity index (χ2n) is 3.00. The van der Waals surface area contributed by atoms with Gasteiger partial charge >= 0.3 is 5.97 Å². The minimum absolute atomic E-state index is 0.0242. The quantitative estimate of drug-likeness (QED) is 0.530. The molecule has 0 aromatic carbocycles. The van der Waals surface area contributed by atoms with Crippen LogP contribution < -0.4 is 4.72 Å². The molecule has 1 unspecified atom stereocenters. The average Bonchev–Trinajstić information content (AvgIpc) is 1.99. The normalized spacial score (nSPS) is 21.6. The molecule has 2 N–H and O–H groups in total. The first-order valence-electron chi connectivity index (χ1n) is 3.91.